The van der Waals surface area contributed by atoms with Crippen molar-refractivity contribution in [2.45, 2.75) is 0 Å². The number of rotatable bonds is 7. The Kier molecular flexibility index (Phi) is 5.63. The Morgan fingerprint density at radius 3 is 2.30 bits per heavy atom. The molecule has 0 heterocycles. The van der Waals surface area contributed by atoms with Gasteiger partial charge in [-0.3, -0.25) is 0 Å². The van der Waals surface area contributed by atoms with Gasteiger partial charge < -0.3 is 30.1 Å². The van der Waals surface area contributed by atoms with Crippen LogP contribution in [-0.4, -0.2) is 52.0 Å². The van der Waals surface area contributed by atoms with Crippen LogP contribution in [0, 0.1) is 0 Å². The van der Waals surface area contributed by atoms with E-state index < -0.39 is 17.5 Å². The largest absolute Gasteiger partial charge is 0.507 e. The Bertz CT molecular complexity index is 528. The van der Waals surface area contributed by atoms with Crippen LogP contribution >= 0.6 is 0 Å². The fourth-order valence-corrected chi connectivity index (χ4v) is 1.04. The number of carboxylic acids is 1. The summed E-state index contributed by atoms with van der Waals surface area (Å²) >= 11 is 0. The van der Waals surface area contributed by atoms with Crippen molar-refractivity contribution in [1.29, 1.82) is 0 Å². The number of phenols is 3. The molecule has 0 spiro atoms. The van der Waals surface area contributed by atoms with Gasteiger partial charge in [-0.15, -0.1) is 0 Å². The van der Waals surface area contributed by atoms with Gasteiger partial charge in [-0.25, -0.2) is 4.79 Å². The topological polar surface area (TPSA) is 141 Å². The van der Waals surface area contributed by atoms with Crippen LogP contribution in [0.1, 0.15) is 5.56 Å². The Hall–Kier alpha value is -2.97. The average molecular weight is 284 g/mol. The van der Waals surface area contributed by atoms with Crippen molar-refractivity contribution in [2.24, 2.45) is 10.3 Å². The van der Waals surface area contributed by atoms with E-state index in [0.29, 0.717) is 6.21 Å². The molecular formula is C11H12N2O7. The van der Waals surface area contributed by atoms with Crippen molar-refractivity contribution >= 4 is 18.4 Å². The van der Waals surface area contributed by atoms with Crippen LogP contribution in [0.15, 0.2) is 22.4 Å². The summed E-state index contributed by atoms with van der Waals surface area (Å²) in [6.07, 6.45) is 1.70. The predicted octanol–water partition coefficient (Wildman–Crippen LogP) is 0.241. The number of aliphatic carboxylic acids is 1. The van der Waals surface area contributed by atoms with Gasteiger partial charge in [-0.1, -0.05) is 10.3 Å². The molecule has 0 aromatic heterocycles. The highest BCUT2D eigenvalue weighted by Gasteiger charge is 2.05. The molecule has 9 nitrogen and oxygen atoms in total. The van der Waals surface area contributed by atoms with E-state index in [1.165, 1.54) is 0 Å². The lowest BCUT2D eigenvalue weighted by atomic mass is 10.2. The van der Waals surface area contributed by atoms with Crippen LogP contribution in [-0.2, 0) is 14.5 Å². The van der Waals surface area contributed by atoms with Gasteiger partial charge in [0.2, 0.25) is 0 Å². The number of phenolic OH excluding ortho intramolecular Hbond substituents is 3. The number of carboxylic acid groups (broad SMARTS) is 1. The first-order valence-electron chi connectivity index (χ1n) is 5.29. The number of carbonyl (C=O) groups is 1. The Morgan fingerprint density at radius 2 is 1.65 bits per heavy atom. The van der Waals surface area contributed by atoms with E-state index in [1.807, 2.05) is 0 Å². The average Bonchev–Trinajstić information content (AvgIpc) is 2.38. The fraction of sp³-hybridized carbons (Fsp3) is 0.182. The highest BCUT2D eigenvalue weighted by Crippen LogP contribution is 2.31. The van der Waals surface area contributed by atoms with E-state index >= 15 is 0 Å². The zero-order valence-corrected chi connectivity index (χ0v) is 10.1. The number of aromatic hydroxyl groups is 3. The molecule has 0 saturated heterocycles. The molecule has 1 rings (SSSR count). The Balaban J connectivity index is 2.35. The van der Waals surface area contributed by atoms with Gasteiger partial charge in [0.15, 0.2) is 30.9 Å². The maximum absolute atomic E-state index is 10.0. The van der Waals surface area contributed by atoms with Crippen LogP contribution < -0.4 is 0 Å². The van der Waals surface area contributed by atoms with Crippen molar-refractivity contribution in [3.05, 3.63) is 17.7 Å². The molecule has 0 fully saturated rings. The summed E-state index contributed by atoms with van der Waals surface area (Å²) in [5, 5.41) is 42.5. The molecule has 0 amide bonds. The van der Waals surface area contributed by atoms with Crippen LogP contribution in [0.3, 0.4) is 0 Å². The molecule has 0 radical (unpaired) electrons. The highest BCUT2D eigenvalue weighted by molar-refractivity contribution is 6.21. The second-order valence-corrected chi connectivity index (χ2v) is 3.37. The SMILES string of the molecule is O=C(O)/C=N/OCCO/N=C/c1cc(O)c(O)cc1O. The van der Waals surface area contributed by atoms with Crippen LogP contribution in [0.25, 0.3) is 0 Å². The normalized spacial score (nSPS) is 11.0. The standard InChI is InChI=1S/C11H12N2O7/c14-8-4-10(16)9(15)3-7(8)5-12-19-1-2-20-13-6-11(17)18/h3-6,14-16H,1-2H2,(H,17,18)/b12-5+,13-6+. The minimum Gasteiger partial charge on any atom is -0.507 e. The molecular weight excluding hydrogens is 272 g/mol. The second kappa shape index (κ2) is 7.46. The van der Waals surface area contributed by atoms with Gasteiger partial charge in [0, 0.05) is 11.6 Å². The number of benzene rings is 1. The van der Waals surface area contributed by atoms with E-state index in [-0.39, 0.29) is 24.5 Å². The van der Waals surface area contributed by atoms with Crippen molar-refractivity contribution < 1.29 is 34.9 Å². The molecule has 0 aliphatic rings. The molecule has 0 unspecified atom stereocenters. The number of nitrogens with zero attached hydrogens (tertiary/aromatic N) is 2. The van der Waals surface area contributed by atoms with Crippen LogP contribution in [0.4, 0.5) is 0 Å². The molecule has 1 aromatic rings. The van der Waals surface area contributed by atoms with Crippen molar-refractivity contribution in [2.75, 3.05) is 13.2 Å². The summed E-state index contributed by atoms with van der Waals surface area (Å²) in [4.78, 5) is 19.3. The van der Waals surface area contributed by atoms with E-state index in [2.05, 4.69) is 15.1 Å². The maximum atomic E-state index is 10.0. The summed E-state index contributed by atoms with van der Waals surface area (Å²) in [5.41, 5.74) is 0.144. The molecule has 0 saturated carbocycles. The third kappa shape index (κ3) is 5.12. The van der Waals surface area contributed by atoms with Crippen LogP contribution in [0.2, 0.25) is 0 Å². The maximum Gasteiger partial charge on any atom is 0.350 e. The molecule has 0 aliphatic heterocycles. The lowest BCUT2D eigenvalue weighted by molar-refractivity contribution is -0.129. The predicted molar refractivity (Wildman–Crippen MR) is 67.1 cm³/mol. The van der Waals surface area contributed by atoms with E-state index in [9.17, 15) is 15.0 Å². The van der Waals surface area contributed by atoms with Crippen LogP contribution in [0.5, 0.6) is 17.2 Å². The summed E-state index contributed by atoms with van der Waals surface area (Å²) in [6, 6.07) is 2.06. The van der Waals surface area contributed by atoms with Crippen molar-refractivity contribution in [1.82, 2.24) is 0 Å². The monoisotopic (exact) mass is 284 g/mol. The van der Waals surface area contributed by atoms with Gasteiger partial charge in [0.1, 0.15) is 5.75 Å². The molecule has 20 heavy (non-hydrogen) atoms. The molecule has 0 atom stereocenters. The first-order chi connectivity index (χ1) is 9.50. The summed E-state index contributed by atoms with van der Waals surface area (Å²) in [6.45, 7) is -0.0216. The van der Waals surface area contributed by atoms with E-state index in [4.69, 9.17) is 15.1 Å². The molecule has 0 bridgehead atoms. The molecule has 9 heteroatoms. The van der Waals surface area contributed by atoms with Crippen molar-refractivity contribution in [3.63, 3.8) is 0 Å². The van der Waals surface area contributed by atoms with E-state index in [1.54, 1.807) is 0 Å². The number of oxime groups is 2. The van der Waals surface area contributed by atoms with Gasteiger partial charge >= 0.3 is 5.97 Å². The lowest BCUT2D eigenvalue weighted by Gasteiger charge is -2.02. The summed E-state index contributed by atoms with van der Waals surface area (Å²) in [5.74, 6) is -2.37. The lowest BCUT2D eigenvalue weighted by Crippen LogP contribution is -2.00. The van der Waals surface area contributed by atoms with Gasteiger partial charge in [-0.05, 0) is 6.07 Å². The smallest absolute Gasteiger partial charge is 0.350 e. The number of hydrogen-bond acceptors (Lipinski definition) is 8. The molecule has 108 valence electrons. The third-order valence-corrected chi connectivity index (χ3v) is 1.89. The molecule has 0 aliphatic carbocycles. The zero-order valence-electron chi connectivity index (χ0n) is 10.1. The fourth-order valence-electron chi connectivity index (χ4n) is 1.04. The van der Waals surface area contributed by atoms with E-state index in [0.717, 1.165) is 18.3 Å². The first-order valence-corrected chi connectivity index (χ1v) is 5.29. The third-order valence-electron chi connectivity index (χ3n) is 1.89. The molecule has 4 N–H and O–H groups in total. The summed E-state index contributed by atoms with van der Waals surface area (Å²) in [7, 11) is 0. The van der Waals surface area contributed by atoms with Gasteiger partial charge in [0.25, 0.3) is 0 Å². The van der Waals surface area contributed by atoms with Gasteiger partial charge in [0.05, 0.1) is 6.21 Å². The quantitative estimate of drug-likeness (QED) is 0.185. The Morgan fingerprint density at radius 1 is 1.05 bits per heavy atom. The minimum atomic E-state index is -1.23. The molecule has 1 aromatic carbocycles. The second-order valence-electron chi connectivity index (χ2n) is 3.37. The van der Waals surface area contributed by atoms with Gasteiger partial charge in [-0.2, -0.15) is 0 Å². The Labute approximate surface area is 113 Å². The highest BCUT2D eigenvalue weighted by atomic mass is 16.7. The zero-order chi connectivity index (χ0) is 15.0. The van der Waals surface area contributed by atoms with Crippen molar-refractivity contribution in [3.8, 4) is 17.2 Å². The first kappa shape index (κ1) is 15.1. The number of hydrogen-bond donors (Lipinski definition) is 4. The summed E-state index contributed by atoms with van der Waals surface area (Å²) < 4.78 is 0. The minimum absolute atomic E-state index is 0.00170.